The van der Waals surface area contributed by atoms with Gasteiger partial charge in [0.1, 0.15) is 0 Å². The van der Waals surface area contributed by atoms with Crippen LogP contribution in [0.25, 0.3) is 0 Å². The number of sulfonamides is 1. The molecule has 1 heterocycles. The third-order valence-corrected chi connectivity index (χ3v) is 5.44. The van der Waals surface area contributed by atoms with E-state index in [2.05, 4.69) is 0 Å². The first-order valence-electron chi connectivity index (χ1n) is 6.94. The maximum Gasteiger partial charge on any atom is 0.242 e. The van der Waals surface area contributed by atoms with Gasteiger partial charge in [-0.15, -0.1) is 12.4 Å². The molecule has 0 bridgehead atoms. The highest BCUT2D eigenvalue weighted by Gasteiger charge is 2.27. The van der Waals surface area contributed by atoms with Crippen molar-refractivity contribution in [1.82, 2.24) is 4.31 Å². The van der Waals surface area contributed by atoms with Crippen LogP contribution in [0.4, 0.5) is 5.69 Å². The molecule has 0 radical (unpaired) electrons. The Balaban J connectivity index is 0.00000242. The van der Waals surface area contributed by atoms with E-state index in [1.165, 1.54) is 18.4 Å². The molecule has 8 heteroatoms. The molecule has 0 spiro atoms. The van der Waals surface area contributed by atoms with Crippen molar-refractivity contribution < 1.29 is 13.2 Å². The van der Waals surface area contributed by atoms with Gasteiger partial charge in [0.15, 0.2) is 0 Å². The molecule has 1 aliphatic rings. The van der Waals surface area contributed by atoms with E-state index in [0.29, 0.717) is 31.6 Å². The van der Waals surface area contributed by atoms with Crippen LogP contribution in [0.15, 0.2) is 23.1 Å². The van der Waals surface area contributed by atoms with Gasteiger partial charge in [-0.3, -0.25) is 4.79 Å². The Kier molecular flexibility index (Phi) is 6.37. The van der Waals surface area contributed by atoms with Crippen LogP contribution in [0.2, 0.25) is 0 Å². The first kappa shape index (κ1) is 18.9. The first-order valence-corrected chi connectivity index (χ1v) is 8.38. The van der Waals surface area contributed by atoms with Gasteiger partial charge in [-0.05, 0) is 37.1 Å². The van der Waals surface area contributed by atoms with Gasteiger partial charge in [-0.1, -0.05) is 6.07 Å². The quantitative estimate of drug-likeness (QED) is 0.860. The molecule has 0 saturated carbocycles. The van der Waals surface area contributed by atoms with E-state index in [-0.39, 0.29) is 23.2 Å². The predicted molar refractivity (Wildman–Crippen MR) is 88.9 cm³/mol. The molecular formula is C14H22ClN3O3S. The molecule has 6 nitrogen and oxygen atoms in total. The zero-order valence-corrected chi connectivity index (χ0v) is 14.4. The zero-order valence-electron chi connectivity index (χ0n) is 12.8. The van der Waals surface area contributed by atoms with Crippen LogP contribution in [0.5, 0.6) is 0 Å². The fourth-order valence-electron chi connectivity index (χ4n) is 2.38. The van der Waals surface area contributed by atoms with Crippen LogP contribution < -0.4 is 10.6 Å². The van der Waals surface area contributed by atoms with Crippen molar-refractivity contribution in [2.45, 2.75) is 24.2 Å². The molecule has 0 aliphatic carbocycles. The number of carbonyl (C=O) groups is 1. The van der Waals surface area contributed by atoms with Crippen molar-refractivity contribution in [3.05, 3.63) is 23.8 Å². The lowest BCUT2D eigenvalue weighted by Gasteiger charge is -2.19. The van der Waals surface area contributed by atoms with Crippen LogP contribution >= 0.6 is 12.4 Å². The summed E-state index contributed by atoms with van der Waals surface area (Å²) in [6.45, 7) is 1.08. The number of nitrogens with two attached hydrogens (primary N) is 1. The zero-order chi connectivity index (χ0) is 15.6. The lowest BCUT2D eigenvalue weighted by atomic mass is 10.2. The van der Waals surface area contributed by atoms with Crippen LogP contribution in [0.1, 0.15) is 18.4 Å². The summed E-state index contributed by atoms with van der Waals surface area (Å²) in [4.78, 5) is 14.1. The number of anilines is 1. The van der Waals surface area contributed by atoms with E-state index in [9.17, 15) is 13.2 Å². The summed E-state index contributed by atoms with van der Waals surface area (Å²) < 4.78 is 25.5. The number of hydrogen-bond acceptors (Lipinski definition) is 4. The van der Waals surface area contributed by atoms with E-state index in [4.69, 9.17) is 5.73 Å². The molecule has 0 atom stereocenters. The first-order chi connectivity index (χ1) is 9.87. The summed E-state index contributed by atoms with van der Waals surface area (Å²) >= 11 is 0. The SMILES string of the molecule is CN(C)S(=O)(=O)c1ccc2c(c1)N(C(=O)CCCN)CC2.Cl. The minimum absolute atomic E-state index is 0. The number of amides is 1. The molecule has 1 aromatic rings. The Hall–Kier alpha value is -1.15. The highest BCUT2D eigenvalue weighted by Crippen LogP contribution is 2.31. The molecule has 0 fully saturated rings. The van der Waals surface area contributed by atoms with Gasteiger partial charge < -0.3 is 10.6 Å². The Bertz CT molecular complexity index is 647. The van der Waals surface area contributed by atoms with E-state index >= 15 is 0 Å². The largest absolute Gasteiger partial charge is 0.330 e. The molecular weight excluding hydrogens is 326 g/mol. The summed E-state index contributed by atoms with van der Waals surface area (Å²) in [6, 6.07) is 4.99. The van der Waals surface area contributed by atoms with Crippen LogP contribution in [-0.4, -0.2) is 45.8 Å². The molecule has 0 saturated heterocycles. The van der Waals surface area contributed by atoms with Crippen molar-refractivity contribution in [2.75, 3.05) is 32.1 Å². The Labute approximate surface area is 137 Å². The third-order valence-electron chi connectivity index (χ3n) is 3.63. The second kappa shape index (κ2) is 7.41. The molecule has 0 unspecified atom stereocenters. The Morgan fingerprint density at radius 3 is 2.64 bits per heavy atom. The molecule has 1 aromatic carbocycles. The van der Waals surface area contributed by atoms with Crippen LogP contribution in [0.3, 0.4) is 0 Å². The van der Waals surface area contributed by atoms with E-state index in [1.54, 1.807) is 23.1 Å². The van der Waals surface area contributed by atoms with Crippen LogP contribution in [-0.2, 0) is 21.2 Å². The summed E-state index contributed by atoms with van der Waals surface area (Å²) in [5.74, 6) is -0.00130. The fraction of sp³-hybridized carbons (Fsp3) is 0.500. The monoisotopic (exact) mass is 347 g/mol. The summed E-state index contributed by atoms with van der Waals surface area (Å²) in [5, 5.41) is 0. The van der Waals surface area contributed by atoms with Gasteiger partial charge in [0.2, 0.25) is 15.9 Å². The molecule has 2 rings (SSSR count). The molecule has 1 amide bonds. The van der Waals surface area contributed by atoms with Gasteiger partial charge >= 0.3 is 0 Å². The molecule has 22 heavy (non-hydrogen) atoms. The second-order valence-electron chi connectivity index (χ2n) is 5.27. The lowest BCUT2D eigenvalue weighted by molar-refractivity contribution is -0.118. The average molecular weight is 348 g/mol. The summed E-state index contributed by atoms with van der Waals surface area (Å²) in [6.07, 6.45) is 1.78. The van der Waals surface area contributed by atoms with Gasteiger partial charge in [0.25, 0.3) is 0 Å². The third kappa shape index (κ3) is 3.60. The molecule has 124 valence electrons. The minimum atomic E-state index is -3.49. The summed E-state index contributed by atoms with van der Waals surface area (Å²) in [7, 11) is -0.504. The number of benzene rings is 1. The van der Waals surface area contributed by atoms with E-state index < -0.39 is 10.0 Å². The number of nitrogens with zero attached hydrogens (tertiary/aromatic N) is 2. The van der Waals surface area contributed by atoms with E-state index in [1.807, 2.05) is 0 Å². The molecule has 1 aliphatic heterocycles. The number of rotatable bonds is 5. The van der Waals surface area contributed by atoms with Crippen molar-refractivity contribution in [3.63, 3.8) is 0 Å². The van der Waals surface area contributed by atoms with Gasteiger partial charge in [0.05, 0.1) is 4.90 Å². The number of halogens is 1. The highest BCUT2D eigenvalue weighted by atomic mass is 35.5. The standard InChI is InChI=1S/C14H21N3O3S.ClH/c1-16(2)21(19,20)12-6-5-11-7-9-17(13(11)10-12)14(18)4-3-8-15;/h5-6,10H,3-4,7-9,15H2,1-2H3;1H. The van der Waals surface area contributed by atoms with Crippen LogP contribution in [0, 0.1) is 0 Å². The minimum Gasteiger partial charge on any atom is -0.330 e. The topological polar surface area (TPSA) is 83.7 Å². The second-order valence-corrected chi connectivity index (χ2v) is 7.42. The van der Waals surface area contributed by atoms with E-state index in [0.717, 1.165) is 12.0 Å². The predicted octanol–water partition coefficient (Wildman–Crippen LogP) is 0.987. The average Bonchev–Trinajstić information content (AvgIpc) is 2.87. The maximum atomic E-state index is 12.2. The normalized spacial score (nSPS) is 13.9. The fourth-order valence-corrected chi connectivity index (χ4v) is 3.30. The smallest absolute Gasteiger partial charge is 0.242 e. The molecule has 0 aromatic heterocycles. The molecule has 2 N–H and O–H groups in total. The maximum absolute atomic E-state index is 12.2. The van der Waals surface area contributed by atoms with Gasteiger partial charge in [0, 0.05) is 32.7 Å². The van der Waals surface area contributed by atoms with Crippen molar-refractivity contribution in [3.8, 4) is 0 Å². The summed E-state index contributed by atoms with van der Waals surface area (Å²) in [5.41, 5.74) is 7.15. The number of carbonyl (C=O) groups excluding carboxylic acids is 1. The number of hydrogen-bond donors (Lipinski definition) is 1. The van der Waals surface area contributed by atoms with Gasteiger partial charge in [-0.2, -0.15) is 0 Å². The number of fused-ring (bicyclic) bond motifs is 1. The van der Waals surface area contributed by atoms with Crippen molar-refractivity contribution in [1.29, 1.82) is 0 Å². The highest BCUT2D eigenvalue weighted by molar-refractivity contribution is 7.89. The lowest BCUT2D eigenvalue weighted by Crippen LogP contribution is -2.29. The Morgan fingerprint density at radius 1 is 1.36 bits per heavy atom. The van der Waals surface area contributed by atoms with Crippen molar-refractivity contribution in [2.24, 2.45) is 5.73 Å². The van der Waals surface area contributed by atoms with Gasteiger partial charge in [-0.25, -0.2) is 12.7 Å². The van der Waals surface area contributed by atoms with Crippen molar-refractivity contribution >= 4 is 34.0 Å². The Morgan fingerprint density at radius 2 is 2.05 bits per heavy atom.